The van der Waals surface area contributed by atoms with Gasteiger partial charge in [0.05, 0.1) is 24.9 Å². The van der Waals surface area contributed by atoms with Crippen LogP contribution in [0.25, 0.3) is 6.08 Å². The molecule has 1 aliphatic rings. The molecule has 28 heavy (non-hydrogen) atoms. The molecule has 0 aliphatic carbocycles. The van der Waals surface area contributed by atoms with Gasteiger partial charge in [-0.2, -0.15) is 0 Å². The number of rotatable bonds is 5. The molecule has 0 fully saturated rings. The molecule has 0 bridgehead atoms. The molecule has 0 radical (unpaired) electrons. The highest BCUT2D eigenvalue weighted by Crippen LogP contribution is 2.36. The summed E-state index contributed by atoms with van der Waals surface area (Å²) in [4.78, 5) is 27.2. The predicted molar refractivity (Wildman–Crippen MR) is 106 cm³/mol. The summed E-state index contributed by atoms with van der Waals surface area (Å²) in [6, 6.07) is 13.6. The van der Waals surface area contributed by atoms with Crippen LogP contribution in [0.2, 0.25) is 0 Å². The second kappa shape index (κ2) is 8.00. The number of hydrogen-bond acceptors (Lipinski definition) is 5. The Balaban J connectivity index is 2.12. The lowest BCUT2D eigenvalue weighted by atomic mass is 10.0. The van der Waals surface area contributed by atoms with E-state index in [2.05, 4.69) is 0 Å². The van der Waals surface area contributed by atoms with E-state index < -0.39 is 5.97 Å². The molecule has 0 saturated carbocycles. The van der Waals surface area contributed by atoms with Crippen LogP contribution in [0.1, 0.15) is 19.4 Å². The first kappa shape index (κ1) is 19.2. The van der Waals surface area contributed by atoms with Crippen molar-refractivity contribution in [2.24, 2.45) is 0 Å². The van der Waals surface area contributed by atoms with Crippen LogP contribution in [0.15, 0.2) is 65.4 Å². The number of para-hydroxylation sites is 1. The molecule has 3 rings (SSSR count). The maximum Gasteiger partial charge on any atom is 0.340 e. The van der Waals surface area contributed by atoms with E-state index in [9.17, 15) is 14.7 Å². The number of esters is 1. The number of aromatic hydroxyl groups is 1. The average molecular weight is 379 g/mol. The molecule has 0 unspecified atom stereocenters. The van der Waals surface area contributed by atoms with Crippen molar-refractivity contribution in [2.45, 2.75) is 13.8 Å². The van der Waals surface area contributed by atoms with Crippen molar-refractivity contribution in [3.05, 3.63) is 70.9 Å². The molecule has 0 saturated heterocycles. The van der Waals surface area contributed by atoms with Crippen molar-refractivity contribution in [1.29, 1.82) is 0 Å². The average Bonchev–Trinajstić information content (AvgIpc) is 2.94. The largest absolute Gasteiger partial charge is 0.507 e. The number of methoxy groups -OCH3 is 1. The Labute approximate surface area is 163 Å². The van der Waals surface area contributed by atoms with Gasteiger partial charge in [-0.3, -0.25) is 9.69 Å². The monoisotopic (exact) mass is 379 g/mol. The lowest BCUT2D eigenvalue weighted by molar-refractivity contribution is -0.138. The Morgan fingerprint density at radius 3 is 2.43 bits per heavy atom. The van der Waals surface area contributed by atoms with Crippen molar-refractivity contribution in [3.8, 4) is 11.5 Å². The van der Waals surface area contributed by atoms with Crippen LogP contribution in [0.4, 0.5) is 5.69 Å². The topological polar surface area (TPSA) is 76.1 Å². The zero-order valence-electron chi connectivity index (χ0n) is 15.9. The molecule has 144 valence electrons. The zero-order chi connectivity index (χ0) is 20.3. The molecule has 1 amide bonds. The van der Waals surface area contributed by atoms with Gasteiger partial charge < -0.3 is 14.6 Å². The minimum atomic E-state index is -0.578. The molecular weight excluding hydrogens is 358 g/mol. The number of phenols is 1. The maximum atomic E-state index is 13.2. The number of phenolic OH excluding ortho intramolecular Hbond substituents is 1. The third kappa shape index (κ3) is 3.49. The van der Waals surface area contributed by atoms with Gasteiger partial charge >= 0.3 is 5.97 Å². The van der Waals surface area contributed by atoms with E-state index in [-0.39, 0.29) is 29.4 Å². The van der Waals surface area contributed by atoms with Gasteiger partial charge in [0.2, 0.25) is 0 Å². The summed E-state index contributed by atoms with van der Waals surface area (Å²) in [7, 11) is 1.56. The Hall–Kier alpha value is -3.54. The number of carbonyl (C=O) groups excluding carboxylic acids is 2. The number of carbonyl (C=O) groups is 2. The van der Waals surface area contributed by atoms with Crippen molar-refractivity contribution in [2.75, 3.05) is 18.6 Å². The molecule has 0 aromatic heterocycles. The summed E-state index contributed by atoms with van der Waals surface area (Å²) < 4.78 is 10.3. The van der Waals surface area contributed by atoms with Crippen molar-refractivity contribution >= 4 is 23.6 Å². The second-order valence-electron chi connectivity index (χ2n) is 6.14. The smallest absolute Gasteiger partial charge is 0.340 e. The number of benzene rings is 2. The van der Waals surface area contributed by atoms with E-state index in [1.807, 2.05) is 0 Å². The molecule has 2 aromatic carbocycles. The number of ether oxygens (including phenoxy) is 2. The first-order chi connectivity index (χ1) is 13.5. The van der Waals surface area contributed by atoms with Crippen LogP contribution in [-0.2, 0) is 14.3 Å². The fourth-order valence-corrected chi connectivity index (χ4v) is 3.09. The molecule has 1 heterocycles. The van der Waals surface area contributed by atoms with Gasteiger partial charge in [0.25, 0.3) is 5.91 Å². The lowest BCUT2D eigenvalue weighted by Gasteiger charge is -2.18. The molecule has 1 aliphatic heterocycles. The third-order valence-corrected chi connectivity index (χ3v) is 4.45. The van der Waals surface area contributed by atoms with Crippen LogP contribution >= 0.6 is 0 Å². The molecule has 6 nitrogen and oxygen atoms in total. The molecular formula is C22H21NO5. The van der Waals surface area contributed by atoms with E-state index in [1.165, 1.54) is 17.0 Å². The van der Waals surface area contributed by atoms with Gasteiger partial charge in [0, 0.05) is 16.9 Å². The summed E-state index contributed by atoms with van der Waals surface area (Å²) in [6.07, 6.45) is 1.51. The highest BCUT2D eigenvalue weighted by molar-refractivity contribution is 6.23. The standard InChI is InChI=1S/C22H21NO5/c1-4-28-22(26)20-14(2)23(16-9-11-17(27-3)12-10-16)21(25)18(20)13-15-7-5-6-8-19(15)24/h5-13,24H,4H2,1-3H3. The first-order valence-corrected chi connectivity index (χ1v) is 8.84. The summed E-state index contributed by atoms with van der Waals surface area (Å²) in [6.45, 7) is 3.59. The lowest BCUT2D eigenvalue weighted by Crippen LogP contribution is -2.24. The number of allylic oxidation sites excluding steroid dienone is 1. The molecule has 0 atom stereocenters. The summed E-state index contributed by atoms with van der Waals surface area (Å²) >= 11 is 0. The van der Waals surface area contributed by atoms with E-state index in [0.717, 1.165) is 0 Å². The number of nitrogens with zero attached hydrogens (tertiary/aromatic N) is 1. The number of hydrogen-bond donors (Lipinski definition) is 1. The van der Waals surface area contributed by atoms with Crippen LogP contribution < -0.4 is 9.64 Å². The van der Waals surface area contributed by atoms with Gasteiger partial charge in [0.15, 0.2) is 0 Å². The molecule has 6 heteroatoms. The zero-order valence-corrected chi connectivity index (χ0v) is 15.9. The Morgan fingerprint density at radius 2 is 1.82 bits per heavy atom. The highest BCUT2D eigenvalue weighted by Gasteiger charge is 2.38. The Bertz CT molecular complexity index is 973. The van der Waals surface area contributed by atoms with E-state index in [1.54, 1.807) is 63.4 Å². The van der Waals surface area contributed by atoms with Crippen molar-refractivity contribution in [3.63, 3.8) is 0 Å². The van der Waals surface area contributed by atoms with Crippen LogP contribution in [0, 0.1) is 0 Å². The quantitative estimate of drug-likeness (QED) is 0.634. The molecule has 0 spiro atoms. The van der Waals surface area contributed by atoms with Crippen LogP contribution in [0.3, 0.4) is 0 Å². The Kier molecular flexibility index (Phi) is 5.49. The minimum Gasteiger partial charge on any atom is -0.507 e. The van der Waals surface area contributed by atoms with E-state index in [4.69, 9.17) is 9.47 Å². The van der Waals surface area contributed by atoms with Gasteiger partial charge in [0.1, 0.15) is 11.5 Å². The fraction of sp³-hybridized carbons (Fsp3) is 0.182. The fourth-order valence-electron chi connectivity index (χ4n) is 3.09. The molecule has 1 N–H and O–H groups in total. The summed E-state index contributed by atoms with van der Waals surface area (Å²) in [5, 5.41) is 10.1. The predicted octanol–water partition coefficient (Wildman–Crippen LogP) is 3.67. The van der Waals surface area contributed by atoms with Gasteiger partial charge in [-0.1, -0.05) is 18.2 Å². The highest BCUT2D eigenvalue weighted by atomic mass is 16.5. The Morgan fingerprint density at radius 1 is 1.14 bits per heavy atom. The second-order valence-corrected chi connectivity index (χ2v) is 6.14. The van der Waals surface area contributed by atoms with E-state index >= 15 is 0 Å². The summed E-state index contributed by atoms with van der Waals surface area (Å²) in [5.74, 6) is -0.265. The van der Waals surface area contributed by atoms with Gasteiger partial charge in [-0.05, 0) is 50.3 Å². The maximum absolute atomic E-state index is 13.2. The number of anilines is 1. The first-order valence-electron chi connectivity index (χ1n) is 8.84. The third-order valence-electron chi connectivity index (χ3n) is 4.45. The summed E-state index contributed by atoms with van der Waals surface area (Å²) in [5.41, 5.74) is 1.87. The van der Waals surface area contributed by atoms with Gasteiger partial charge in [-0.25, -0.2) is 4.79 Å². The SMILES string of the molecule is CCOC(=O)C1=C(C)N(c2ccc(OC)cc2)C(=O)C1=Cc1ccccc1O. The van der Waals surface area contributed by atoms with E-state index in [0.29, 0.717) is 22.7 Å². The molecule has 2 aromatic rings. The minimum absolute atomic E-state index is 0.0200. The number of amides is 1. The normalized spacial score (nSPS) is 15.3. The van der Waals surface area contributed by atoms with Crippen molar-refractivity contribution in [1.82, 2.24) is 0 Å². The van der Waals surface area contributed by atoms with Crippen molar-refractivity contribution < 1.29 is 24.2 Å². The van der Waals surface area contributed by atoms with Crippen LogP contribution in [-0.4, -0.2) is 30.7 Å². The van der Waals surface area contributed by atoms with Crippen LogP contribution in [0.5, 0.6) is 11.5 Å². The van der Waals surface area contributed by atoms with Gasteiger partial charge in [-0.15, -0.1) is 0 Å².